The highest BCUT2D eigenvalue weighted by Gasteiger charge is 2.31. The summed E-state index contributed by atoms with van der Waals surface area (Å²) in [6, 6.07) is 1.58. The summed E-state index contributed by atoms with van der Waals surface area (Å²) < 4.78 is 37.3. The number of hydrogen-bond acceptors (Lipinski definition) is 5. The molecular weight excluding hydrogens is 259 g/mol. The summed E-state index contributed by atoms with van der Waals surface area (Å²) >= 11 is 0. The average molecular weight is 269 g/mol. The number of hydrazine groups is 1. The van der Waals surface area contributed by atoms with Crippen molar-refractivity contribution >= 4 is 0 Å². The Kier molecular flexibility index (Phi) is 3.72. The summed E-state index contributed by atoms with van der Waals surface area (Å²) in [4.78, 5) is 11.7. The second-order valence-electron chi connectivity index (χ2n) is 3.70. The monoisotopic (exact) mass is 269 g/mol. The van der Waals surface area contributed by atoms with Gasteiger partial charge in [0.1, 0.15) is 6.04 Å². The molecule has 0 aliphatic rings. The molecule has 100 valence electrons. The minimum atomic E-state index is -4.41. The van der Waals surface area contributed by atoms with E-state index in [0.29, 0.717) is 11.4 Å². The van der Waals surface area contributed by atoms with Crippen LogP contribution in [0.25, 0.3) is 0 Å². The molecule has 3 N–H and O–H groups in total. The predicted molar refractivity (Wildman–Crippen MR) is 60.4 cm³/mol. The van der Waals surface area contributed by atoms with Crippen LogP contribution in [0.5, 0.6) is 0 Å². The Balaban J connectivity index is 2.30. The van der Waals surface area contributed by atoms with Gasteiger partial charge in [-0.1, -0.05) is 0 Å². The standard InChI is InChI=1S/C11H10F3N5/c12-11(13,14)7-1-2-8(18-5-7)10(19-15)9-6-16-3-4-17-9/h1-6,10,19H,15H2. The number of alkyl halides is 3. The Hall–Kier alpha value is -2.06. The summed E-state index contributed by atoms with van der Waals surface area (Å²) in [5.41, 5.74) is 2.43. The maximum atomic E-state index is 12.4. The van der Waals surface area contributed by atoms with Crippen molar-refractivity contribution in [3.8, 4) is 0 Å². The number of hydrogen-bond donors (Lipinski definition) is 2. The van der Waals surface area contributed by atoms with Crippen LogP contribution in [0.2, 0.25) is 0 Å². The molecule has 0 amide bonds. The number of nitrogens with one attached hydrogen (secondary N) is 1. The molecule has 2 rings (SSSR count). The van der Waals surface area contributed by atoms with Crippen molar-refractivity contribution < 1.29 is 13.2 Å². The molecular formula is C11H10F3N5. The van der Waals surface area contributed by atoms with Gasteiger partial charge in [0.15, 0.2) is 0 Å². The van der Waals surface area contributed by atoms with Crippen molar-refractivity contribution in [2.75, 3.05) is 0 Å². The van der Waals surface area contributed by atoms with E-state index in [4.69, 9.17) is 5.84 Å². The largest absolute Gasteiger partial charge is 0.417 e. The molecule has 0 fully saturated rings. The summed E-state index contributed by atoms with van der Waals surface area (Å²) in [6.45, 7) is 0. The Morgan fingerprint density at radius 1 is 1.05 bits per heavy atom. The van der Waals surface area contributed by atoms with Crippen molar-refractivity contribution in [1.82, 2.24) is 20.4 Å². The maximum Gasteiger partial charge on any atom is 0.417 e. The molecule has 0 spiro atoms. The van der Waals surface area contributed by atoms with E-state index in [2.05, 4.69) is 20.4 Å². The average Bonchev–Trinajstić information content (AvgIpc) is 2.40. The zero-order valence-electron chi connectivity index (χ0n) is 9.59. The molecule has 19 heavy (non-hydrogen) atoms. The highest BCUT2D eigenvalue weighted by molar-refractivity contribution is 5.23. The van der Waals surface area contributed by atoms with Crippen molar-refractivity contribution in [3.63, 3.8) is 0 Å². The maximum absolute atomic E-state index is 12.4. The topological polar surface area (TPSA) is 76.7 Å². The second-order valence-corrected chi connectivity index (χ2v) is 3.70. The fourth-order valence-electron chi connectivity index (χ4n) is 1.53. The minimum Gasteiger partial charge on any atom is -0.270 e. The number of nitrogens with two attached hydrogens (primary N) is 1. The first-order valence-corrected chi connectivity index (χ1v) is 5.27. The Bertz CT molecular complexity index is 526. The normalized spacial score (nSPS) is 13.3. The zero-order chi connectivity index (χ0) is 13.9. The van der Waals surface area contributed by atoms with Crippen LogP contribution in [0, 0.1) is 0 Å². The van der Waals surface area contributed by atoms with Gasteiger partial charge in [0.2, 0.25) is 0 Å². The molecule has 2 aromatic heterocycles. The lowest BCUT2D eigenvalue weighted by Crippen LogP contribution is -2.30. The van der Waals surface area contributed by atoms with E-state index in [-0.39, 0.29) is 0 Å². The zero-order valence-corrected chi connectivity index (χ0v) is 9.59. The van der Waals surface area contributed by atoms with E-state index in [1.165, 1.54) is 24.7 Å². The summed E-state index contributed by atoms with van der Waals surface area (Å²) in [5.74, 6) is 5.38. The van der Waals surface area contributed by atoms with E-state index in [1.807, 2.05) is 0 Å². The van der Waals surface area contributed by atoms with Gasteiger partial charge in [-0.15, -0.1) is 0 Å². The van der Waals surface area contributed by atoms with Crippen LogP contribution in [-0.2, 0) is 6.18 Å². The number of rotatable bonds is 3. The van der Waals surface area contributed by atoms with Crippen LogP contribution < -0.4 is 11.3 Å². The lowest BCUT2D eigenvalue weighted by Gasteiger charge is -2.15. The van der Waals surface area contributed by atoms with Crippen molar-refractivity contribution in [2.45, 2.75) is 12.2 Å². The molecule has 0 radical (unpaired) electrons. The predicted octanol–water partition coefficient (Wildman–Crippen LogP) is 1.44. The Morgan fingerprint density at radius 3 is 2.32 bits per heavy atom. The van der Waals surface area contributed by atoms with Crippen LogP contribution in [0.1, 0.15) is 23.0 Å². The van der Waals surface area contributed by atoms with Crippen LogP contribution in [0.4, 0.5) is 13.2 Å². The molecule has 0 aliphatic carbocycles. The van der Waals surface area contributed by atoms with Gasteiger partial charge in [-0.05, 0) is 12.1 Å². The fourth-order valence-corrected chi connectivity index (χ4v) is 1.53. The minimum absolute atomic E-state index is 0.330. The molecule has 0 saturated heterocycles. The van der Waals surface area contributed by atoms with E-state index in [0.717, 1.165) is 12.3 Å². The van der Waals surface area contributed by atoms with Crippen LogP contribution in [-0.4, -0.2) is 15.0 Å². The van der Waals surface area contributed by atoms with Crippen molar-refractivity contribution in [3.05, 3.63) is 53.9 Å². The number of nitrogens with zero attached hydrogens (tertiary/aromatic N) is 3. The Labute approximate surface area is 106 Å². The molecule has 1 unspecified atom stereocenters. The lowest BCUT2D eigenvalue weighted by molar-refractivity contribution is -0.137. The highest BCUT2D eigenvalue weighted by atomic mass is 19.4. The summed E-state index contributed by atoms with van der Waals surface area (Å²) in [5, 5.41) is 0. The third-order valence-corrected chi connectivity index (χ3v) is 2.46. The summed E-state index contributed by atoms with van der Waals surface area (Å²) in [7, 11) is 0. The van der Waals surface area contributed by atoms with E-state index in [1.54, 1.807) is 0 Å². The number of aromatic nitrogens is 3. The van der Waals surface area contributed by atoms with Crippen LogP contribution >= 0.6 is 0 Å². The fraction of sp³-hybridized carbons (Fsp3) is 0.182. The molecule has 2 heterocycles. The highest BCUT2D eigenvalue weighted by Crippen LogP contribution is 2.29. The molecule has 8 heteroatoms. The van der Waals surface area contributed by atoms with Gasteiger partial charge in [-0.25, -0.2) is 5.43 Å². The molecule has 0 bridgehead atoms. The number of halogens is 3. The second kappa shape index (κ2) is 5.29. The van der Waals surface area contributed by atoms with Crippen molar-refractivity contribution in [1.29, 1.82) is 0 Å². The van der Waals surface area contributed by atoms with E-state index in [9.17, 15) is 13.2 Å². The first-order valence-electron chi connectivity index (χ1n) is 5.27. The van der Waals surface area contributed by atoms with Gasteiger partial charge in [-0.2, -0.15) is 13.2 Å². The van der Waals surface area contributed by atoms with Crippen molar-refractivity contribution in [2.24, 2.45) is 5.84 Å². The molecule has 5 nitrogen and oxygen atoms in total. The first kappa shape index (κ1) is 13.4. The third kappa shape index (κ3) is 3.04. The molecule has 2 aromatic rings. The van der Waals surface area contributed by atoms with Gasteiger partial charge in [0, 0.05) is 18.6 Å². The smallest absolute Gasteiger partial charge is 0.270 e. The van der Waals surface area contributed by atoms with Gasteiger partial charge in [0.05, 0.1) is 23.1 Å². The van der Waals surface area contributed by atoms with Gasteiger partial charge in [-0.3, -0.25) is 20.8 Å². The number of pyridine rings is 1. The molecule has 0 aromatic carbocycles. The SMILES string of the molecule is NNC(c1ccc(C(F)(F)F)cn1)c1cnccn1. The van der Waals surface area contributed by atoms with Crippen LogP contribution in [0.15, 0.2) is 36.9 Å². The van der Waals surface area contributed by atoms with Gasteiger partial charge in [0.25, 0.3) is 0 Å². The summed E-state index contributed by atoms with van der Waals surface area (Å²) in [6.07, 6.45) is 0.755. The molecule has 0 aliphatic heterocycles. The quantitative estimate of drug-likeness (QED) is 0.651. The van der Waals surface area contributed by atoms with Crippen LogP contribution in [0.3, 0.4) is 0 Å². The molecule has 0 saturated carbocycles. The van der Waals surface area contributed by atoms with Gasteiger partial charge >= 0.3 is 6.18 Å². The van der Waals surface area contributed by atoms with E-state index >= 15 is 0 Å². The van der Waals surface area contributed by atoms with Gasteiger partial charge < -0.3 is 0 Å². The third-order valence-electron chi connectivity index (χ3n) is 2.46. The van der Waals surface area contributed by atoms with E-state index < -0.39 is 17.8 Å². The first-order chi connectivity index (χ1) is 9.02. The lowest BCUT2D eigenvalue weighted by atomic mass is 10.1. The Morgan fingerprint density at radius 2 is 1.84 bits per heavy atom. The molecule has 1 atom stereocenters.